The number of aryl methyl sites for hydroxylation is 2. The van der Waals surface area contributed by atoms with E-state index in [9.17, 15) is 67.7 Å². The van der Waals surface area contributed by atoms with Crippen LogP contribution in [0.3, 0.4) is 0 Å². The SMILES string of the molecule is CNC(C)C(=O)NC(C(=O)N1CC2CC1C(=O)NC(Cc1ccccc1)C(=O)NC(C(=O)O)Cc1ccc(cc1)NC(=O)CCc1cn(nn1)C1CC(C(=O)NC(Cc3ccccc3)C(=O)NC(C(=O)O)Cc3ccc(cc3)NC(=O)CCc3cn2nn3)N(C(=O)C(NC(=O)C(C)NC)C(C)C)C1)C(C)C. The number of benzene rings is 4. The summed E-state index contributed by atoms with van der Waals surface area (Å²) in [6, 6.07) is 16.8. The summed E-state index contributed by atoms with van der Waals surface area (Å²) in [6.07, 6.45) is 2.49. The molecule has 10 amide bonds. The Labute approximate surface area is 613 Å². The van der Waals surface area contributed by atoms with Gasteiger partial charge in [-0.2, -0.15) is 0 Å². The number of hydrogen-bond acceptors (Lipinski definition) is 18. The van der Waals surface area contributed by atoms with E-state index >= 15 is 0 Å². The number of nitrogens with zero attached hydrogens (tertiary/aromatic N) is 8. The first-order chi connectivity index (χ1) is 50.6. The van der Waals surface area contributed by atoms with Gasteiger partial charge in [0.1, 0.15) is 48.3 Å². The molecular weight excluding hydrogens is 1360 g/mol. The average molecular weight is 1460 g/mol. The standard InChI is InChI=1S/C74H94N18O14/c1-41(2)63(83-65(95)43(5)75-7)71(101)89-39-53-35-59(89)69(99)79-55(31-45-15-11-9-12-16-45)67(97)81-57(73(103)104)33-47-19-23-50(24-20-47)78-62(94)30-28-52-38-92(88-86-52)54-36-60(90(40-54)72(102)64(42(3)4)84-66(96)44(6)76-8)70(100)80-56(32-46-17-13-10-14-18-46)68(98)82-58(74(105)106)34-48-21-25-49(26-22-48)77-61(93)29-27-51-37-91(53)87-85-51/h9-26,37-38,41-44,53-60,63-64,75-76H,27-36,39-40H2,1-8H3,(H,77,93)(H,78,94)(H,79,99)(H,80,100)(H,81,97)(H,82,98)(H,83,95)(H,84,96)(H,103,104)(H,105,106). The van der Waals surface area contributed by atoms with E-state index in [1.54, 1.807) is 177 Å². The average Bonchev–Trinajstić information content (AvgIpc) is 1.64. The lowest BCUT2D eigenvalue weighted by Crippen LogP contribution is -2.59. The monoisotopic (exact) mass is 1460 g/mol. The zero-order valence-electron chi connectivity index (χ0n) is 60.5. The van der Waals surface area contributed by atoms with Crippen LogP contribution < -0.4 is 53.2 Å². The van der Waals surface area contributed by atoms with Crippen molar-refractivity contribution in [2.45, 2.75) is 178 Å². The van der Waals surface area contributed by atoms with Crippen LogP contribution in [0.1, 0.15) is 113 Å². The van der Waals surface area contributed by atoms with Gasteiger partial charge in [0.15, 0.2) is 0 Å². The molecule has 12 rings (SSSR count). The van der Waals surface area contributed by atoms with E-state index in [4.69, 9.17) is 0 Å². The van der Waals surface area contributed by atoms with E-state index in [0.717, 1.165) is 0 Å². The molecule has 6 aliphatic rings. The molecule has 106 heavy (non-hydrogen) atoms. The maximum Gasteiger partial charge on any atom is 0.326 e. The second kappa shape index (κ2) is 36.4. The highest BCUT2D eigenvalue weighted by Crippen LogP contribution is 2.32. The molecular formula is C74H94N18O14. The van der Waals surface area contributed by atoms with Crippen molar-refractivity contribution < 1.29 is 67.7 Å². The minimum Gasteiger partial charge on any atom is -0.480 e. The van der Waals surface area contributed by atoms with Crippen LogP contribution in [0.25, 0.3) is 0 Å². The normalized spacial score (nSPS) is 22.2. The lowest BCUT2D eigenvalue weighted by molar-refractivity contribution is -0.144. The summed E-state index contributed by atoms with van der Waals surface area (Å²) in [7, 11) is 3.19. The van der Waals surface area contributed by atoms with Crippen molar-refractivity contribution in [3.05, 3.63) is 155 Å². The van der Waals surface area contributed by atoms with E-state index < -0.39 is 155 Å². The van der Waals surface area contributed by atoms with Crippen molar-refractivity contribution in [1.29, 1.82) is 0 Å². The molecule has 0 aliphatic carbocycles. The van der Waals surface area contributed by atoms with E-state index in [1.807, 2.05) is 0 Å². The van der Waals surface area contributed by atoms with Gasteiger partial charge in [0, 0.05) is 101 Å². The smallest absolute Gasteiger partial charge is 0.326 e. The molecule has 32 nitrogen and oxygen atoms in total. The summed E-state index contributed by atoms with van der Waals surface area (Å²) in [5.74, 6) is -9.81. The van der Waals surface area contributed by atoms with E-state index in [-0.39, 0.29) is 77.3 Å². The Morgan fingerprint density at radius 2 is 0.840 bits per heavy atom. The Morgan fingerprint density at radius 3 is 1.17 bits per heavy atom. The summed E-state index contributed by atoms with van der Waals surface area (Å²) in [6.45, 7) is 10.0. The molecule has 12 unspecified atom stereocenters. The second-order valence-electron chi connectivity index (χ2n) is 27.9. The highest BCUT2D eigenvalue weighted by Gasteiger charge is 2.47. The van der Waals surface area contributed by atoms with Crippen molar-refractivity contribution >= 4 is 82.4 Å². The molecule has 32 heteroatoms. The summed E-state index contributed by atoms with van der Waals surface area (Å²) < 4.78 is 2.97. The first-order valence-electron chi connectivity index (χ1n) is 35.6. The number of likely N-dealkylation sites (N-methyl/N-ethyl adjacent to an activating group) is 2. The van der Waals surface area contributed by atoms with Gasteiger partial charge in [0.2, 0.25) is 59.1 Å². The molecule has 12 bridgehead atoms. The van der Waals surface area contributed by atoms with Crippen molar-refractivity contribution in [1.82, 2.24) is 82.3 Å². The van der Waals surface area contributed by atoms with Gasteiger partial charge in [0.25, 0.3) is 0 Å². The fourth-order valence-electron chi connectivity index (χ4n) is 12.9. The number of hydrogen-bond donors (Lipinski definition) is 12. The van der Waals surface area contributed by atoms with Crippen molar-refractivity contribution in [3.8, 4) is 0 Å². The number of likely N-dealkylation sites (tertiary alicyclic amines) is 2. The molecule has 2 aromatic heterocycles. The highest BCUT2D eigenvalue weighted by molar-refractivity contribution is 5.98. The lowest BCUT2D eigenvalue weighted by atomic mass is 10.0. The number of carbonyl (C=O) groups excluding carboxylic acids is 10. The van der Waals surface area contributed by atoms with Gasteiger partial charge in [0.05, 0.1) is 35.6 Å². The van der Waals surface area contributed by atoms with Crippen LogP contribution in [0.15, 0.2) is 122 Å². The third kappa shape index (κ3) is 21.0. The third-order valence-electron chi connectivity index (χ3n) is 19.3. The van der Waals surface area contributed by atoms with Gasteiger partial charge in [-0.05, 0) is 86.3 Å². The second-order valence-corrected chi connectivity index (χ2v) is 27.9. The van der Waals surface area contributed by atoms with Crippen LogP contribution in [-0.2, 0) is 96.1 Å². The van der Waals surface area contributed by atoms with Gasteiger partial charge in [-0.15, -0.1) is 10.2 Å². The predicted octanol–water partition coefficient (Wildman–Crippen LogP) is 1.19. The molecule has 0 radical (unpaired) electrons. The molecule has 0 spiro atoms. The van der Waals surface area contributed by atoms with Gasteiger partial charge < -0.3 is 73.2 Å². The largest absolute Gasteiger partial charge is 0.480 e. The molecule has 564 valence electrons. The quantitative estimate of drug-likeness (QED) is 0.0647. The zero-order chi connectivity index (χ0) is 76.5. The summed E-state index contributed by atoms with van der Waals surface area (Å²) in [5.41, 5.74) is 3.65. The fraction of sp³-hybridized carbons (Fsp3) is 0.459. The van der Waals surface area contributed by atoms with Crippen LogP contribution in [-0.4, -0.2) is 209 Å². The maximum absolute atomic E-state index is 15.0. The number of amides is 10. The number of carboxylic acid groups (broad SMARTS) is 2. The Kier molecular flexibility index (Phi) is 27.1. The highest BCUT2D eigenvalue weighted by atomic mass is 16.4. The number of anilines is 2. The molecule has 6 aromatic rings. The van der Waals surface area contributed by atoms with E-state index in [2.05, 4.69) is 73.8 Å². The Balaban J connectivity index is 1.00. The van der Waals surface area contributed by atoms with Gasteiger partial charge in [-0.3, -0.25) is 47.9 Å². The third-order valence-corrected chi connectivity index (χ3v) is 19.3. The summed E-state index contributed by atoms with van der Waals surface area (Å²) in [5, 5.41) is 66.5. The summed E-state index contributed by atoms with van der Waals surface area (Å²) in [4.78, 5) is 171. The van der Waals surface area contributed by atoms with Crippen LogP contribution in [0.2, 0.25) is 0 Å². The Morgan fingerprint density at radius 1 is 0.481 bits per heavy atom. The van der Waals surface area contributed by atoms with Crippen LogP contribution >= 0.6 is 0 Å². The van der Waals surface area contributed by atoms with Gasteiger partial charge in [-0.25, -0.2) is 19.0 Å². The van der Waals surface area contributed by atoms with Crippen LogP contribution in [0.4, 0.5) is 11.4 Å². The first-order valence-corrected chi connectivity index (χ1v) is 35.6. The van der Waals surface area contributed by atoms with E-state index in [1.165, 1.54) is 19.2 Å². The van der Waals surface area contributed by atoms with Crippen molar-refractivity contribution in [3.63, 3.8) is 0 Å². The molecule has 6 aliphatic heterocycles. The topological polar surface area (TPSA) is 433 Å². The van der Waals surface area contributed by atoms with Gasteiger partial charge in [-0.1, -0.05) is 123 Å². The molecule has 0 saturated carbocycles. The van der Waals surface area contributed by atoms with Crippen LogP contribution in [0, 0.1) is 11.8 Å². The maximum atomic E-state index is 15.0. The zero-order valence-corrected chi connectivity index (χ0v) is 60.5. The van der Waals surface area contributed by atoms with Crippen LogP contribution in [0.5, 0.6) is 0 Å². The molecule has 12 atom stereocenters. The summed E-state index contributed by atoms with van der Waals surface area (Å²) >= 11 is 0. The Hall–Kier alpha value is -11.3. The Bertz CT molecular complexity index is 3860. The molecule has 8 heterocycles. The number of aliphatic carboxylic acids is 2. The number of rotatable bonds is 16. The number of carboxylic acids is 2. The minimum absolute atomic E-state index is 0.0447. The fourth-order valence-corrected chi connectivity index (χ4v) is 12.9. The number of aromatic nitrogens is 6. The molecule has 2 saturated heterocycles. The van der Waals surface area contributed by atoms with Crippen molar-refractivity contribution in [2.24, 2.45) is 11.8 Å². The molecule has 2 fully saturated rings. The lowest BCUT2D eigenvalue weighted by Gasteiger charge is -2.31. The molecule has 12 N–H and O–H groups in total. The first kappa shape index (κ1) is 78.8. The number of carbonyl (C=O) groups is 12. The van der Waals surface area contributed by atoms with Gasteiger partial charge >= 0.3 is 11.9 Å². The molecule has 4 aromatic carbocycles. The van der Waals surface area contributed by atoms with E-state index in [0.29, 0.717) is 45.0 Å². The minimum atomic E-state index is -1.52. The number of nitrogens with one attached hydrogen (secondary N) is 10. The predicted molar refractivity (Wildman–Crippen MR) is 386 cm³/mol. The van der Waals surface area contributed by atoms with Crippen molar-refractivity contribution in [2.75, 3.05) is 37.8 Å².